The Kier molecular flexibility index (Phi) is 11.6. The van der Waals surface area contributed by atoms with E-state index in [9.17, 15) is 37.6 Å². The second kappa shape index (κ2) is 17.4. The maximum absolute atomic E-state index is 14.7. The highest BCUT2D eigenvalue weighted by atomic mass is 32.2. The van der Waals surface area contributed by atoms with Gasteiger partial charge in [0.05, 0.1) is 44.0 Å². The van der Waals surface area contributed by atoms with Crippen molar-refractivity contribution in [2.45, 2.75) is 113 Å². The summed E-state index contributed by atoms with van der Waals surface area (Å²) in [7, 11) is -4.75. The number of hydrogen-bond donors (Lipinski definition) is 4. The van der Waals surface area contributed by atoms with Crippen LogP contribution in [0.2, 0.25) is 0 Å². The largest absolute Gasteiger partial charge is 0.489 e. The molecule has 3 atom stereocenters. The number of aliphatic hydroxyl groups is 1. The number of amides is 2. The fourth-order valence-electron chi connectivity index (χ4n) is 11.4. The number of β-lactam (4-membered cyclic amide) rings is 1. The first-order valence-electron chi connectivity index (χ1n) is 23.6. The Bertz CT molecular complexity index is 2920. The Morgan fingerprint density at radius 3 is 2.56 bits per heavy atom. The van der Waals surface area contributed by atoms with Gasteiger partial charge >= 0.3 is 0 Å². The monoisotopic (exact) mass is 949 g/mol. The minimum absolute atomic E-state index is 0.0397. The molecule has 5 heterocycles. The first kappa shape index (κ1) is 45.5. The lowest BCUT2D eigenvalue weighted by Crippen LogP contribution is -2.67. The number of H-pyrrole nitrogens is 1. The van der Waals surface area contributed by atoms with Crippen molar-refractivity contribution in [3.05, 3.63) is 106 Å². The molecule has 2 aliphatic carbocycles. The van der Waals surface area contributed by atoms with Crippen LogP contribution in [0.25, 0.3) is 11.0 Å². The number of ether oxygens (including phenoxy) is 2. The normalized spacial score (nSPS) is 24.6. The number of aromatic amines is 1. The molecule has 5 aromatic rings. The topological polar surface area (TPSA) is 209 Å². The number of fused-ring (bicyclic) bond motifs is 2. The molecule has 358 valence electrons. The number of pyridine rings is 1. The molecule has 5 aliphatic rings. The number of carbonyl (C=O) groups excluding carboxylic acids is 2. The third-order valence-electron chi connectivity index (χ3n) is 15.3. The van der Waals surface area contributed by atoms with E-state index in [4.69, 9.17) is 9.47 Å². The molecule has 68 heavy (non-hydrogen) atoms. The number of anilines is 2. The van der Waals surface area contributed by atoms with Crippen molar-refractivity contribution < 1.29 is 41.9 Å². The number of halogens is 1. The summed E-state index contributed by atoms with van der Waals surface area (Å²) >= 11 is 0. The zero-order valence-corrected chi connectivity index (χ0v) is 39.1. The maximum Gasteiger partial charge on any atom is 0.297 e. The van der Waals surface area contributed by atoms with Crippen molar-refractivity contribution in [2.24, 2.45) is 11.3 Å². The van der Waals surface area contributed by atoms with Gasteiger partial charge in [-0.25, -0.2) is 22.5 Å². The van der Waals surface area contributed by atoms with Crippen LogP contribution in [0, 0.1) is 27.3 Å². The van der Waals surface area contributed by atoms with Crippen LogP contribution >= 0.6 is 0 Å². The van der Waals surface area contributed by atoms with Crippen LogP contribution in [-0.4, -0.2) is 89.1 Å². The van der Waals surface area contributed by atoms with Gasteiger partial charge in [-0.2, -0.15) is 0 Å². The lowest BCUT2D eigenvalue weighted by atomic mass is 9.69. The number of piperidine rings is 1. The number of likely N-dealkylation sites (tertiary alicyclic amines) is 1. The molecule has 2 saturated heterocycles. The fourth-order valence-corrected chi connectivity index (χ4v) is 12.4. The minimum Gasteiger partial charge on any atom is -0.489 e. The molecule has 0 bridgehead atoms. The number of aromatic nitrogens is 2. The highest BCUT2D eigenvalue weighted by molar-refractivity contribution is 7.90. The number of rotatable bonds is 11. The van der Waals surface area contributed by atoms with Crippen molar-refractivity contribution in [2.75, 3.05) is 36.5 Å². The summed E-state index contributed by atoms with van der Waals surface area (Å²) in [6.45, 7) is 8.13. The molecule has 2 amide bonds. The number of sulfonamides is 1. The van der Waals surface area contributed by atoms with Gasteiger partial charge < -0.3 is 34.7 Å². The number of nitro groups is 1. The van der Waals surface area contributed by atoms with Gasteiger partial charge in [0, 0.05) is 61.7 Å². The van der Waals surface area contributed by atoms with Gasteiger partial charge in [0.15, 0.2) is 11.4 Å². The molecule has 18 heteroatoms. The summed E-state index contributed by atoms with van der Waals surface area (Å²) in [4.78, 5) is 50.6. The summed E-state index contributed by atoms with van der Waals surface area (Å²) in [6, 6.07) is 16.7. The quantitative estimate of drug-likeness (QED) is 0.0558. The number of carbonyl (C=O) groups is 2. The van der Waals surface area contributed by atoms with Gasteiger partial charge in [0.2, 0.25) is 5.91 Å². The molecule has 0 radical (unpaired) electrons. The summed E-state index contributed by atoms with van der Waals surface area (Å²) < 4.78 is 56.8. The molecule has 4 N–H and O–H groups in total. The first-order valence-corrected chi connectivity index (χ1v) is 25.1. The maximum atomic E-state index is 14.7. The second-order valence-electron chi connectivity index (χ2n) is 20.0. The van der Waals surface area contributed by atoms with Gasteiger partial charge in [-0.15, -0.1) is 0 Å². The SMILES string of the molecule is CC(C)c1ccccc1[C@@H]1CCC[C@@H]1N1CC2(CCN(c3ccc(C(=O)NS(=O)(=O)c4cc5c(c([N+](=O)[O-])c4)N[C@@H]([C@H]4CC[C@](C)(O)CC4)CO5)c(Oc4cnc5[nH]cc(F)c5c4)c3)CC2)C1=O. The zero-order valence-electron chi connectivity index (χ0n) is 38.3. The molecule has 1 spiro atoms. The summed E-state index contributed by atoms with van der Waals surface area (Å²) in [5, 5.41) is 26.2. The van der Waals surface area contributed by atoms with Crippen LogP contribution in [0.4, 0.5) is 21.5 Å². The van der Waals surface area contributed by atoms with Gasteiger partial charge in [-0.3, -0.25) is 19.7 Å². The van der Waals surface area contributed by atoms with Crippen LogP contribution in [0.15, 0.2) is 78.0 Å². The van der Waals surface area contributed by atoms with E-state index in [1.165, 1.54) is 29.5 Å². The van der Waals surface area contributed by atoms with E-state index in [1.54, 1.807) is 19.1 Å². The number of nitro benzene ring substituents is 1. The van der Waals surface area contributed by atoms with E-state index >= 15 is 0 Å². The van der Waals surface area contributed by atoms with E-state index in [0.29, 0.717) is 75.7 Å². The van der Waals surface area contributed by atoms with Crippen molar-refractivity contribution in [3.63, 3.8) is 0 Å². The number of benzene rings is 3. The minimum atomic E-state index is -4.75. The number of nitrogens with zero attached hydrogens (tertiary/aromatic N) is 4. The van der Waals surface area contributed by atoms with Crippen LogP contribution in [-0.2, 0) is 14.8 Å². The second-order valence-corrected chi connectivity index (χ2v) is 21.7. The van der Waals surface area contributed by atoms with E-state index in [-0.39, 0.29) is 70.0 Å². The molecule has 3 aliphatic heterocycles. The third kappa shape index (κ3) is 8.39. The third-order valence-corrected chi connectivity index (χ3v) is 16.6. The molecule has 0 unspecified atom stereocenters. The van der Waals surface area contributed by atoms with E-state index in [1.807, 2.05) is 0 Å². The van der Waals surface area contributed by atoms with Crippen molar-refractivity contribution in [3.8, 4) is 17.2 Å². The Hall–Kier alpha value is -6.27. The molecule has 4 fully saturated rings. The van der Waals surface area contributed by atoms with Crippen molar-refractivity contribution in [1.29, 1.82) is 0 Å². The predicted octanol–water partition coefficient (Wildman–Crippen LogP) is 8.52. The van der Waals surface area contributed by atoms with E-state index in [2.05, 4.69) is 67.9 Å². The Labute approximate surface area is 393 Å². The molecule has 3 aromatic carbocycles. The summed E-state index contributed by atoms with van der Waals surface area (Å²) in [5.41, 5.74) is 1.73. The van der Waals surface area contributed by atoms with Crippen LogP contribution < -0.4 is 24.4 Å². The fraction of sp³-hybridized carbons (Fsp3) is 0.460. The lowest BCUT2D eigenvalue weighted by molar-refractivity contribution is -0.384. The molecular formula is C50H56FN7O9S. The van der Waals surface area contributed by atoms with Crippen LogP contribution in [0.5, 0.6) is 17.2 Å². The Balaban J connectivity index is 0.873. The molecule has 2 saturated carbocycles. The Morgan fingerprint density at radius 2 is 1.82 bits per heavy atom. The summed E-state index contributed by atoms with van der Waals surface area (Å²) in [6.07, 6.45) is 9.41. The van der Waals surface area contributed by atoms with Crippen molar-refractivity contribution >= 4 is 49.9 Å². The first-order chi connectivity index (χ1) is 32.5. The van der Waals surface area contributed by atoms with Gasteiger partial charge in [-0.05, 0) is 99.5 Å². The molecule has 10 rings (SSSR count). The molecular weight excluding hydrogens is 894 g/mol. The van der Waals surface area contributed by atoms with Gasteiger partial charge in [-0.1, -0.05) is 44.5 Å². The van der Waals surface area contributed by atoms with Crippen LogP contribution in [0.1, 0.15) is 112 Å². The predicted molar refractivity (Wildman–Crippen MR) is 252 cm³/mol. The van der Waals surface area contributed by atoms with Gasteiger partial charge in [0.1, 0.15) is 29.6 Å². The van der Waals surface area contributed by atoms with E-state index in [0.717, 1.165) is 37.6 Å². The standard InChI is InChI=1S/C50H56FN7O9S/c1-29(2)34-7-4-5-8-35(34)36-9-6-10-41(36)57-28-50(48(57)60)17-19-56(20-18-50)31-11-12-37(43(21-31)67-32-22-38-39(51)26-53-46(38)52-25-32)47(59)55-68(64,65)33-23-42(58(62)63)45-44(24-33)66-27-40(54-45)30-13-15-49(3,61)16-14-30/h4-5,7-8,11-12,21-26,29-30,36,40-41,54,61H,6,9-10,13-20,27-28H2,1-3H3,(H,52,53)(H,55,59)/t30-,36-,40+,41-,49-/m0/s1. The molecule has 2 aromatic heterocycles. The van der Waals surface area contributed by atoms with Crippen LogP contribution in [0.3, 0.4) is 0 Å². The smallest absolute Gasteiger partial charge is 0.297 e. The summed E-state index contributed by atoms with van der Waals surface area (Å²) in [5.74, 6) is -0.680. The zero-order chi connectivity index (χ0) is 47.7. The number of hydrogen-bond acceptors (Lipinski definition) is 12. The van der Waals surface area contributed by atoms with Gasteiger partial charge in [0.25, 0.3) is 21.6 Å². The highest BCUT2D eigenvalue weighted by Gasteiger charge is 2.56. The van der Waals surface area contributed by atoms with E-state index < -0.39 is 48.3 Å². The Morgan fingerprint density at radius 1 is 1.06 bits per heavy atom. The average Bonchev–Trinajstić information content (AvgIpc) is 3.96. The average molecular weight is 950 g/mol. The van der Waals surface area contributed by atoms with Crippen molar-refractivity contribution in [1.82, 2.24) is 19.6 Å². The molecule has 16 nitrogen and oxygen atoms in total. The lowest BCUT2D eigenvalue weighted by Gasteiger charge is -2.55. The highest BCUT2D eigenvalue weighted by Crippen LogP contribution is 2.50. The number of nitrogens with one attached hydrogen (secondary N) is 3.